The van der Waals surface area contributed by atoms with Gasteiger partial charge in [0.15, 0.2) is 0 Å². The van der Waals surface area contributed by atoms with E-state index >= 15 is 0 Å². The topological polar surface area (TPSA) is 80.3 Å². The first-order valence-electron chi connectivity index (χ1n) is 22.0. The van der Waals surface area contributed by atoms with Crippen LogP contribution in [0.2, 0.25) is 0 Å². The van der Waals surface area contributed by atoms with Crippen LogP contribution in [0.1, 0.15) is 229 Å². The molecule has 2 rings (SSSR count). The Bertz CT molecular complexity index is 974. The van der Waals surface area contributed by atoms with Crippen molar-refractivity contribution in [3.8, 4) is 0 Å². The van der Waals surface area contributed by atoms with Crippen molar-refractivity contribution in [3.05, 3.63) is 71.8 Å². The molecule has 0 saturated carbocycles. The molecule has 2 atom stereocenters. The third-order valence-electron chi connectivity index (χ3n) is 10.7. The maximum Gasteiger partial charge on any atom is 2.00 e. The third-order valence-corrected chi connectivity index (χ3v) is 10.7. The number of aliphatic carboxylic acids is 2. The van der Waals surface area contributed by atoms with E-state index in [9.17, 15) is 19.8 Å². The van der Waals surface area contributed by atoms with E-state index in [1.54, 1.807) is 0 Å². The number of hydrogen-bond donors (Lipinski definition) is 0. The Hall–Kier alpha value is -1.36. The van der Waals surface area contributed by atoms with Crippen LogP contribution < -0.4 is 10.2 Å². The Morgan fingerprint density at radius 3 is 0.906 bits per heavy atom. The SMILES string of the molecule is CCCCCCCCC(CCCCCCCCC(=O)[O-])c1ccccc1.CCCCCCCCC(CCCCCCCCC(=O)[O-])c1ccccc1.[Ca+2]. The van der Waals surface area contributed by atoms with Crippen molar-refractivity contribution in [3.63, 3.8) is 0 Å². The Kier molecular flexibility index (Phi) is 37.9. The van der Waals surface area contributed by atoms with Gasteiger partial charge < -0.3 is 19.8 Å². The largest absolute Gasteiger partial charge is 2.00 e. The van der Waals surface area contributed by atoms with E-state index in [1.165, 1.54) is 152 Å². The van der Waals surface area contributed by atoms with Crippen LogP contribution in [0.15, 0.2) is 60.7 Å². The fourth-order valence-corrected chi connectivity index (χ4v) is 7.48. The number of rotatable bonds is 34. The quantitative estimate of drug-likeness (QED) is 0.0526. The monoisotopic (exact) mass is 759 g/mol. The summed E-state index contributed by atoms with van der Waals surface area (Å²) in [5.74, 6) is -0.406. The van der Waals surface area contributed by atoms with Crippen LogP contribution in [-0.4, -0.2) is 49.7 Å². The first kappa shape index (κ1) is 51.6. The van der Waals surface area contributed by atoms with Gasteiger partial charge in [-0.05, 0) is 74.3 Å². The average molecular weight is 759 g/mol. The summed E-state index contributed by atoms with van der Waals surface area (Å²) in [6.45, 7) is 4.55. The van der Waals surface area contributed by atoms with Gasteiger partial charge >= 0.3 is 37.7 Å². The number of benzene rings is 2. The number of carboxylic acid groups (broad SMARTS) is 2. The molecule has 0 fully saturated rings. The minimum absolute atomic E-state index is 0. The zero-order chi connectivity index (χ0) is 37.7. The van der Waals surface area contributed by atoms with Crippen LogP contribution in [0.25, 0.3) is 0 Å². The van der Waals surface area contributed by atoms with Gasteiger partial charge in [0.1, 0.15) is 0 Å². The summed E-state index contributed by atoms with van der Waals surface area (Å²) in [7, 11) is 0. The number of carboxylic acids is 2. The van der Waals surface area contributed by atoms with Gasteiger partial charge in [0, 0.05) is 11.9 Å². The molecule has 0 aliphatic heterocycles. The molecule has 2 unspecified atom stereocenters. The Balaban J connectivity index is 0.00000100. The molecule has 2 aromatic rings. The second-order valence-electron chi connectivity index (χ2n) is 15.4. The third kappa shape index (κ3) is 32.6. The summed E-state index contributed by atoms with van der Waals surface area (Å²) >= 11 is 0. The van der Waals surface area contributed by atoms with E-state index < -0.39 is 11.9 Å². The molecule has 296 valence electrons. The first-order valence-corrected chi connectivity index (χ1v) is 22.0. The molecule has 0 N–H and O–H groups in total. The Morgan fingerprint density at radius 1 is 0.396 bits per heavy atom. The summed E-state index contributed by atoms with van der Waals surface area (Å²) < 4.78 is 0. The fourth-order valence-electron chi connectivity index (χ4n) is 7.48. The van der Waals surface area contributed by atoms with Crippen LogP contribution in [0.3, 0.4) is 0 Å². The summed E-state index contributed by atoms with van der Waals surface area (Å²) in [4.78, 5) is 20.8. The standard InChI is InChI=1S/2C24H40O2.Ca/c2*1-2-3-4-5-8-12-17-22(23-19-14-11-15-20-23)18-13-9-6-7-10-16-21-24(25)26;/h2*11,14-15,19-20,22H,2-10,12-13,16-18,21H2,1H3,(H,25,26);/q;;+2/p-2. The van der Waals surface area contributed by atoms with Gasteiger partial charge in [0.25, 0.3) is 0 Å². The Morgan fingerprint density at radius 2 is 0.642 bits per heavy atom. The van der Waals surface area contributed by atoms with Crippen LogP contribution in [-0.2, 0) is 9.59 Å². The molecule has 0 saturated heterocycles. The van der Waals surface area contributed by atoms with Gasteiger partial charge in [-0.15, -0.1) is 0 Å². The summed E-state index contributed by atoms with van der Waals surface area (Å²) in [5, 5.41) is 20.8. The second kappa shape index (κ2) is 38.9. The maximum atomic E-state index is 10.4. The van der Waals surface area contributed by atoms with E-state index in [-0.39, 0.29) is 50.6 Å². The summed E-state index contributed by atoms with van der Waals surface area (Å²) in [6, 6.07) is 22.1. The second-order valence-corrected chi connectivity index (χ2v) is 15.4. The van der Waals surface area contributed by atoms with E-state index in [0.29, 0.717) is 11.8 Å². The van der Waals surface area contributed by atoms with Crippen molar-refractivity contribution in [2.45, 2.75) is 218 Å². The van der Waals surface area contributed by atoms with Crippen molar-refractivity contribution in [2.24, 2.45) is 0 Å². The van der Waals surface area contributed by atoms with E-state index in [2.05, 4.69) is 74.5 Å². The predicted molar refractivity (Wildman–Crippen MR) is 224 cm³/mol. The number of unbranched alkanes of at least 4 members (excludes halogenated alkanes) is 20. The molecule has 0 bridgehead atoms. The average Bonchev–Trinajstić information content (AvgIpc) is 3.15. The summed E-state index contributed by atoms with van der Waals surface area (Å²) in [6.07, 6.45) is 35.5. The first-order chi connectivity index (χ1) is 25.5. The minimum atomic E-state index is -0.912. The molecular formula is C48H78CaO4. The molecular weight excluding hydrogens is 681 g/mol. The smallest absolute Gasteiger partial charge is 0.550 e. The molecule has 4 nitrogen and oxygen atoms in total. The van der Waals surface area contributed by atoms with E-state index in [4.69, 9.17) is 0 Å². The van der Waals surface area contributed by atoms with Crippen molar-refractivity contribution in [1.29, 1.82) is 0 Å². The zero-order valence-electron chi connectivity index (χ0n) is 34.5. The van der Waals surface area contributed by atoms with Gasteiger partial charge in [0.2, 0.25) is 0 Å². The number of carbonyl (C=O) groups excluding carboxylic acids is 2. The van der Waals surface area contributed by atoms with Gasteiger partial charge in [-0.25, -0.2) is 0 Å². The van der Waals surface area contributed by atoms with Crippen LogP contribution in [0.4, 0.5) is 0 Å². The molecule has 5 heteroatoms. The zero-order valence-corrected chi connectivity index (χ0v) is 36.7. The molecule has 0 aliphatic rings. The van der Waals surface area contributed by atoms with Gasteiger partial charge in [-0.2, -0.15) is 0 Å². The van der Waals surface area contributed by atoms with Gasteiger partial charge in [-0.1, -0.05) is 216 Å². The molecule has 0 amide bonds. The number of carbonyl (C=O) groups is 2. The van der Waals surface area contributed by atoms with Crippen molar-refractivity contribution in [1.82, 2.24) is 0 Å². The predicted octanol–water partition coefficient (Wildman–Crippen LogP) is 12.4. The van der Waals surface area contributed by atoms with Gasteiger partial charge in [-0.3, -0.25) is 0 Å². The fraction of sp³-hybridized carbons (Fsp3) is 0.708. The number of hydrogen-bond acceptors (Lipinski definition) is 4. The molecule has 0 radical (unpaired) electrons. The van der Waals surface area contributed by atoms with Gasteiger partial charge in [0.05, 0.1) is 0 Å². The molecule has 53 heavy (non-hydrogen) atoms. The van der Waals surface area contributed by atoms with Crippen LogP contribution in [0.5, 0.6) is 0 Å². The molecule has 0 aliphatic carbocycles. The van der Waals surface area contributed by atoms with E-state index in [0.717, 1.165) is 38.5 Å². The van der Waals surface area contributed by atoms with Crippen LogP contribution in [0, 0.1) is 0 Å². The molecule has 0 heterocycles. The molecule has 0 aromatic heterocycles. The maximum absolute atomic E-state index is 10.4. The summed E-state index contributed by atoms with van der Waals surface area (Å²) in [5.41, 5.74) is 3.02. The minimum Gasteiger partial charge on any atom is -0.550 e. The molecule has 0 spiro atoms. The molecule has 2 aromatic carbocycles. The van der Waals surface area contributed by atoms with E-state index in [1.807, 2.05) is 0 Å². The van der Waals surface area contributed by atoms with Crippen molar-refractivity contribution < 1.29 is 19.8 Å². The van der Waals surface area contributed by atoms with Crippen molar-refractivity contribution in [2.75, 3.05) is 0 Å². The van der Waals surface area contributed by atoms with Crippen LogP contribution >= 0.6 is 0 Å². The van der Waals surface area contributed by atoms with Crippen molar-refractivity contribution >= 4 is 49.7 Å². The normalized spacial score (nSPS) is 12.0. The Labute approximate surface area is 357 Å².